The van der Waals surface area contributed by atoms with Crippen molar-refractivity contribution in [1.82, 2.24) is 14.9 Å². The average Bonchev–Trinajstić information content (AvgIpc) is 2.92. The standard InChI is InChI=1S/C30H30N4O3/c1-3-26(29(35)33-28-20(2)10-9-16-31-28)37-30(36)27-22-13-7-8-14-24(22)32-25-15-17-34(19-23(25)27)18-21-11-5-4-6-12-21/h4-14,16,26H,3,15,17-19H2,1-2H3,(H,31,33,35). The molecule has 1 aliphatic rings. The zero-order chi connectivity index (χ0) is 25.8. The fraction of sp³-hybridized carbons (Fsp3) is 0.267. The summed E-state index contributed by atoms with van der Waals surface area (Å²) in [6, 6.07) is 21.6. The first-order valence-corrected chi connectivity index (χ1v) is 12.6. The molecule has 37 heavy (non-hydrogen) atoms. The maximum Gasteiger partial charge on any atom is 0.340 e. The van der Waals surface area contributed by atoms with Crippen LogP contribution in [0.15, 0.2) is 72.9 Å². The van der Waals surface area contributed by atoms with Gasteiger partial charge in [0, 0.05) is 48.9 Å². The Hall–Kier alpha value is -4.10. The molecule has 3 heterocycles. The van der Waals surface area contributed by atoms with Crippen molar-refractivity contribution in [1.29, 1.82) is 0 Å². The number of fused-ring (bicyclic) bond motifs is 2. The first-order chi connectivity index (χ1) is 18.0. The Kier molecular flexibility index (Phi) is 7.23. The number of hydrogen-bond donors (Lipinski definition) is 1. The number of anilines is 1. The summed E-state index contributed by atoms with van der Waals surface area (Å²) in [5.74, 6) is -0.433. The van der Waals surface area contributed by atoms with Gasteiger partial charge in [0.2, 0.25) is 0 Å². The lowest BCUT2D eigenvalue weighted by atomic mass is 9.95. The number of hydrogen-bond acceptors (Lipinski definition) is 6. The smallest absolute Gasteiger partial charge is 0.340 e. The highest BCUT2D eigenvalue weighted by atomic mass is 16.5. The van der Waals surface area contributed by atoms with Crippen molar-refractivity contribution in [3.63, 3.8) is 0 Å². The van der Waals surface area contributed by atoms with Gasteiger partial charge in [0.05, 0.1) is 11.1 Å². The van der Waals surface area contributed by atoms with Gasteiger partial charge in [-0.05, 0) is 36.6 Å². The van der Waals surface area contributed by atoms with Crippen molar-refractivity contribution in [3.05, 3.63) is 101 Å². The molecule has 188 valence electrons. The van der Waals surface area contributed by atoms with Crippen molar-refractivity contribution >= 4 is 28.6 Å². The number of esters is 1. The zero-order valence-corrected chi connectivity index (χ0v) is 21.1. The Morgan fingerprint density at radius 2 is 1.84 bits per heavy atom. The molecule has 0 saturated heterocycles. The minimum absolute atomic E-state index is 0.342. The lowest BCUT2D eigenvalue weighted by Crippen LogP contribution is -2.35. The van der Waals surface area contributed by atoms with Crippen LogP contribution in [0.25, 0.3) is 10.9 Å². The molecular weight excluding hydrogens is 464 g/mol. The van der Waals surface area contributed by atoms with E-state index >= 15 is 0 Å². The molecule has 0 radical (unpaired) electrons. The molecule has 1 atom stereocenters. The van der Waals surface area contributed by atoms with E-state index in [0.717, 1.165) is 47.2 Å². The normalized spacial score (nSPS) is 14.1. The van der Waals surface area contributed by atoms with E-state index in [4.69, 9.17) is 9.72 Å². The molecule has 7 heteroatoms. The average molecular weight is 495 g/mol. The molecule has 1 amide bonds. The van der Waals surface area contributed by atoms with E-state index in [1.54, 1.807) is 12.3 Å². The number of nitrogens with one attached hydrogen (secondary N) is 1. The second-order valence-corrected chi connectivity index (χ2v) is 9.34. The van der Waals surface area contributed by atoms with Crippen molar-refractivity contribution in [2.45, 2.75) is 45.9 Å². The van der Waals surface area contributed by atoms with Crippen molar-refractivity contribution in [2.75, 3.05) is 11.9 Å². The Balaban J connectivity index is 1.44. The van der Waals surface area contributed by atoms with Gasteiger partial charge in [-0.3, -0.25) is 14.7 Å². The highest BCUT2D eigenvalue weighted by Gasteiger charge is 2.30. The summed E-state index contributed by atoms with van der Waals surface area (Å²) in [5.41, 5.74) is 5.10. The Labute approximate surface area is 216 Å². The third-order valence-corrected chi connectivity index (χ3v) is 6.74. The van der Waals surface area contributed by atoms with Gasteiger partial charge in [-0.1, -0.05) is 61.5 Å². The number of amides is 1. The summed E-state index contributed by atoms with van der Waals surface area (Å²) in [4.78, 5) is 38.2. The number of aryl methyl sites for hydroxylation is 1. The number of nitrogens with zero attached hydrogens (tertiary/aromatic N) is 3. The van der Waals surface area contributed by atoms with Gasteiger partial charge in [-0.25, -0.2) is 9.78 Å². The molecule has 1 unspecified atom stereocenters. The Morgan fingerprint density at radius 1 is 1.05 bits per heavy atom. The van der Waals surface area contributed by atoms with Crippen molar-refractivity contribution in [3.8, 4) is 0 Å². The molecule has 0 fully saturated rings. The number of benzene rings is 2. The molecule has 0 spiro atoms. The van der Waals surface area contributed by atoms with Crippen LogP contribution in [0.4, 0.5) is 5.82 Å². The minimum atomic E-state index is -0.944. The third kappa shape index (κ3) is 5.37. The van der Waals surface area contributed by atoms with Crippen molar-refractivity contribution in [2.24, 2.45) is 0 Å². The molecule has 0 bridgehead atoms. The van der Waals surface area contributed by atoms with Crippen molar-refractivity contribution < 1.29 is 14.3 Å². The van der Waals surface area contributed by atoms with E-state index in [2.05, 4.69) is 27.3 Å². The van der Waals surface area contributed by atoms with Crippen LogP contribution in [0.2, 0.25) is 0 Å². The van der Waals surface area contributed by atoms with E-state index in [1.807, 2.05) is 62.4 Å². The monoisotopic (exact) mass is 494 g/mol. The minimum Gasteiger partial charge on any atom is -0.449 e. The molecule has 7 nitrogen and oxygen atoms in total. The Morgan fingerprint density at radius 3 is 2.62 bits per heavy atom. The first-order valence-electron chi connectivity index (χ1n) is 12.6. The largest absolute Gasteiger partial charge is 0.449 e. The molecule has 2 aromatic heterocycles. The fourth-order valence-electron chi connectivity index (χ4n) is 4.78. The Bertz CT molecular complexity index is 1440. The van der Waals surface area contributed by atoms with Crippen LogP contribution in [0.3, 0.4) is 0 Å². The topological polar surface area (TPSA) is 84.4 Å². The quantitative estimate of drug-likeness (QED) is 0.361. The van der Waals surface area contributed by atoms with Crippen LogP contribution < -0.4 is 5.32 Å². The van der Waals surface area contributed by atoms with Gasteiger partial charge in [0.15, 0.2) is 6.10 Å². The summed E-state index contributed by atoms with van der Waals surface area (Å²) < 4.78 is 5.86. The SMILES string of the molecule is CCC(OC(=O)c1c2c(nc3ccccc13)CCN(Cc1ccccc1)C2)C(=O)Nc1ncccc1C. The van der Waals surface area contributed by atoms with Crippen LogP contribution in [0.1, 0.15) is 46.1 Å². The highest BCUT2D eigenvalue weighted by molar-refractivity contribution is 6.06. The molecule has 1 aliphatic heterocycles. The number of para-hydroxylation sites is 1. The number of rotatable bonds is 7. The summed E-state index contributed by atoms with van der Waals surface area (Å²) in [7, 11) is 0. The van der Waals surface area contributed by atoms with Crippen LogP contribution in [-0.2, 0) is 29.0 Å². The molecule has 1 N–H and O–H groups in total. The van der Waals surface area contributed by atoms with Gasteiger partial charge in [-0.2, -0.15) is 0 Å². The van der Waals surface area contributed by atoms with Gasteiger partial charge in [0.25, 0.3) is 5.91 Å². The molecule has 0 saturated carbocycles. The number of carbonyl (C=O) groups is 2. The summed E-state index contributed by atoms with van der Waals surface area (Å²) >= 11 is 0. The lowest BCUT2D eigenvalue weighted by molar-refractivity contribution is -0.124. The summed E-state index contributed by atoms with van der Waals surface area (Å²) in [5, 5.41) is 3.54. The molecule has 2 aromatic carbocycles. The highest BCUT2D eigenvalue weighted by Crippen LogP contribution is 2.30. The fourth-order valence-corrected chi connectivity index (χ4v) is 4.78. The van der Waals surface area contributed by atoms with Gasteiger partial charge in [-0.15, -0.1) is 0 Å². The van der Waals surface area contributed by atoms with Crippen LogP contribution in [-0.4, -0.2) is 39.4 Å². The van der Waals surface area contributed by atoms with E-state index < -0.39 is 18.0 Å². The summed E-state index contributed by atoms with van der Waals surface area (Å²) in [6.07, 6.45) is 1.76. The van der Waals surface area contributed by atoms with Gasteiger partial charge in [0.1, 0.15) is 5.82 Å². The predicted molar refractivity (Wildman–Crippen MR) is 143 cm³/mol. The van der Waals surface area contributed by atoms with E-state index in [1.165, 1.54) is 5.56 Å². The maximum atomic E-state index is 13.7. The zero-order valence-electron chi connectivity index (χ0n) is 21.1. The number of carbonyl (C=O) groups excluding carboxylic acids is 2. The lowest BCUT2D eigenvalue weighted by Gasteiger charge is -2.30. The van der Waals surface area contributed by atoms with E-state index in [0.29, 0.717) is 24.3 Å². The third-order valence-electron chi connectivity index (χ3n) is 6.74. The van der Waals surface area contributed by atoms with Crippen LogP contribution >= 0.6 is 0 Å². The molecule has 4 aromatic rings. The van der Waals surface area contributed by atoms with Gasteiger partial charge < -0.3 is 10.1 Å². The van der Waals surface area contributed by atoms with E-state index in [-0.39, 0.29) is 0 Å². The predicted octanol–water partition coefficient (Wildman–Crippen LogP) is 5.07. The van der Waals surface area contributed by atoms with E-state index in [9.17, 15) is 9.59 Å². The second-order valence-electron chi connectivity index (χ2n) is 9.34. The number of pyridine rings is 2. The first kappa shape index (κ1) is 24.6. The second kappa shape index (κ2) is 10.9. The number of aromatic nitrogens is 2. The molecule has 5 rings (SSSR count). The molecular formula is C30H30N4O3. The van der Waals surface area contributed by atoms with Crippen LogP contribution in [0, 0.1) is 6.92 Å². The van der Waals surface area contributed by atoms with Gasteiger partial charge >= 0.3 is 5.97 Å². The maximum absolute atomic E-state index is 13.7. The summed E-state index contributed by atoms with van der Waals surface area (Å²) in [6.45, 7) is 5.91. The number of ether oxygens (including phenoxy) is 1. The molecule has 0 aliphatic carbocycles. The van der Waals surface area contributed by atoms with Crippen LogP contribution in [0.5, 0.6) is 0 Å².